The number of ether oxygens (including phenoxy) is 1. The van der Waals surface area contributed by atoms with Gasteiger partial charge in [-0.2, -0.15) is 0 Å². The van der Waals surface area contributed by atoms with Crippen LogP contribution in [0, 0.1) is 5.92 Å². The zero-order valence-corrected chi connectivity index (χ0v) is 13.9. The van der Waals surface area contributed by atoms with Gasteiger partial charge in [0.15, 0.2) is 0 Å². The van der Waals surface area contributed by atoms with Crippen LogP contribution in [0.5, 0.6) is 0 Å². The van der Waals surface area contributed by atoms with Gasteiger partial charge < -0.3 is 10.1 Å². The average Bonchev–Trinajstić information content (AvgIpc) is 3.16. The molecule has 3 rings (SSSR count). The first-order valence-electron chi connectivity index (χ1n) is 8.67. The summed E-state index contributed by atoms with van der Waals surface area (Å²) in [5.41, 5.74) is 1.05. The van der Waals surface area contributed by atoms with Crippen molar-refractivity contribution >= 4 is 5.91 Å². The Bertz CT molecular complexity index is 512. The van der Waals surface area contributed by atoms with Gasteiger partial charge in [-0.25, -0.2) is 0 Å². The van der Waals surface area contributed by atoms with E-state index in [4.69, 9.17) is 4.74 Å². The molecule has 0 aromatic carbocycles. The molecule has 128 valence electrons. The number of nitrogens with one attached hydrogen (secondary N) is 1. The Balaban J connectivity index is 1.47. The van der Waals surface area contributed by atoms with Crippen LogP contribution in [-0.2, 0) is 22.5 Å². The maximum atomic E-state index is 11.3. The van der Waals surface area contributed by atoms with Gasteiger partial charge in [-0.1, -0.05) is 11.6 Å². The quantitative estimate of drug-likeness (QED) is 0.824. The molecule has 1 N–H and O–H groups in total. The summed E-state index contributed by atoms with van der Waals surface area (Å²) in [7, 11) is 0. The van der Waals surface area contributed by atoms with Crippen LogP contribution in [0.3, 0.4) is 0 Å². The van der Waals surface area contributed by atoms with Crippen LogP contribution in [0.2, 0.25) is 0 Å². The van der Waals surface area contributed by atoms with Gasteiger partial charge in [0.05, 0.1) is 18.9 Å². The van der Waals surface area contributed by atoms with Crippen molar-refractivity contribution in [3.8, 4) is 0 Å². The third kappa shape index (κ3) is 4.75. The first-order valence-corrected chi connectivity index (χ1v) is 8.67. The van der Waals surface area contributed by atoms with Gasteiger partial charge in [-0.3, -0.25) is 14.4 Å². The number of carbonyl (C=O) groups excluding carboxylic acids is 1. The molecule has 1 aliphatic heterocycles. The minimum absolute atomic E-state index is 0.0618. The summed E-state index contributed by atoms with van der Waals surface area (Å²) >= 11 is 0. The van der Waals surface area contributed by atoms with Crippen LogP contribution in [0.25, 0.3) is 0 Å². The molecule has 2 fully saturated rings. The summed E-state index contributed by atoms with van der Waals surface area (Å²) in [4.78, 5) is 13.7. The highest BCUT2D eigenvalue weighted by Gasteiger charge is 2.28. The molecule has 1 saturated carbocycles. The lowest BCUT2D eigenvalue weighted by atomic mass is 10.0. The molecule has 1 aromatic heterocycles. The molecule has 23 heavy (non-hydrogen) atoms. The van der Waals surface area contributed by atoms with Gasteiger partial charge in [0.1, 0.15) is 0 Å². The molecule has 0 unspecified atom stereocenters. The molecule has 7 heteroatoms. The molecule has 1 aliphatic carbocycles. The summed E-state index contributed by atoms with van der Waals surface area (Å²) in [5, 5.41) is 11.6. The highest BCUT2D eigenvalue weighted by Crippen LogP contribution is 2.27. The fraction of sp³-hybridized carbons (Fsp3) is 0.812. The first kappa shape index (κ1) is 16.4. The van der Waals surface area contributed by atoms with Crippen LogP contribution in [0.4, 0.5) is 0 Å². The van der Waals surface area contributed by atoms with Crippen LogP contribution in [0.15, 0.2) is 6.20 Å². The van der Waals surface area contributed by atoms with Gasteiger partial charge in [-0.15, -0.1) is 5.10 Å². The van der Waals surface area contributed by atoms with Crippen molar-refractivity contribution in [3.05, 3.63) is 11.9 Å². The van der Waals surface area contributed by atoms with Gasteiger partial charge >= 0.3 is 0 Å². The van der Waals surface area contributed by atoms with Crippen LogP contribution in [-0.4, -0.2) is 64.7 Å². The summed E-state index contributed by atoms with van der Waals surface area (Å²) in [6.45, 7) is 7.13. The van der Waals surface area contributed by atoms with Crippen molar-refractivity contribution in [2.24, 2.45) is 5.92 Å². The molecule has 0 radical (unpaired) electrons. The lowest BCUT2D eigenvalue weighted by molar-refractivity contribution is -0.119. The number of carbonyl (C=O) groups is 1. The average molecular weight is 321 g/mol. The predicted octanol–water partition coefficient (Wildman–Crippen LogP) is 0.458. The van der Waals surface area contributed by atoms with Crippen molar-refractivity contribution in [1.82, 2.24) is 25.2 Å². The second-order valence-electron chi connectivity index (χ2n) is 6.63. The van der Waals surface area contributed by atoms with Gasteiger partial charge in [0.25, 0.3) is 0 Å². The van der Waals surface area contributed by atoms with E-state index in [1.807, 2.05) is 4.68 Å². The summed E-state index contributed by atoms with van der Waals surface area (Å²) in [5.74, 6) is 0.527. The van der Waals surface area contributed by atoms with E-state index in [9.17, 15) is 4.79 Å². The fourth-order valence-electron chi connectivity index (χ4n) is 3.59. The third-order valence-corrected chi connectivity index (χ3v) is 4.84. The van der Waals surface area contributed by atoms with Crippen LogP contribution < -0.4 is 5.32 Å². The molecular formula is C16H27N5O2. The lowest BCUT2D eigenvalue weighted by Gasteiger charge is -2.25. The molecule has 0 spiro atoms. The van der Waals surface area contributed by atoms with E-state index in [2.05, 4.69) is 26.7 Å². The molecule has 2 atom stereocenters. The Hall–Kier alpha value is -1.47. The van der Waals surface area contributed by atoms with Crippen LogP contribution >= 0.6 is 0 Å². The number of morpholine rings is 1. The van der Waals surface area contributed by atoms with Crippen molar-refractivity contribution < 1.29 is 9.53 Å². The Kier molecular flexibility index (Phi) is 5.61. The molecule has 1 amide bonds. The minimum Gasteiger partial charge on any atom is -0.379 e. The van der Waals surface area contributed by atoms with E-state index in [1.54, 1.807) is 6.92 Å². The maximum Gasteiger partial charge on any atom is 0.217 e. The van der Waals surface area contributed by atoms with E-state index in [0.717, 1.165) is 64.3 Å². The van der Waals surface area contributed by atoms with Gasteiger partial charge in [-0.05, 0) is 18.8 Å². The summed E-state index contributed by atoms with van der Waals surface area (Å²) in [6.07, 6.45) is 6.38. The SMILES string of the molecule is CC(=O)N[C@@H]1CCC[C@@H]1Cn1cc(CCN2CCOCC2)nn1. The van der Waals surface area contributed by atoms with Gasteiger partial charge in [0, 0.05) is 51.8 Å². The molecule has 7 nitrogen and oxygen atoms in total. The number of aromatic nitrogens is 3. The number of nitrogens with zero attached hydrogens (tertiary/aromatic N) is 4. The van der Waals surface area contributed by atoms with E-state index < -0.39 is 0 Å². The standard InChI is InChI=1S/C16H27N5O2/c1-13(22)17-16-4-2-3-14(16)11-21-12-15(18-19-21)5-6-20-7-9-23-10-8-20/h12,14,16H,2-11H2,1H3,(H,17,22)/t14-,16-/m1/s1. The van der Waals surface area contributed by atoms with Crippen molar-refractivity contribution in [2.75, 3.05) is 32.8 Å². The molecular weight excluding hydrogens is 294 g/mol. The zero-order valence-electron chi connectivity index (χ0n) is 13.9. The van der Waals surface area contributed by atoms with E-state index in [-0.39, 0.29) is 11.9 Å². The fourth-order valence-corrected chi connectivity index (χ4v) is 3.59. The molecule has 1 saturated heterocycles. The van der Waals surface area contributed by atoms with Crippen molar-refractivity contribution in [1.29, 1.82) is 0 Å². The molecule has 1 aromatic rings. The molecule has 0 bridgehead atoms. The zero-order chi connectivity index (χ0) is 16.1. The normalized spacial score (nSPS) is 25.6. The highest BCUT2D eigenvalue weighted by atomic mass is 16.5. The molecule has 2 heterocycles. The van der Waals surface area contributed by atoms with Crippen molar-refractivity contribution in [3.63, 3.8) is 0 Å². The number of rotatable bonds is 6. The monoisotopic (exact) mass is 321 g/mol. The first-order chi connectivity index (χ1) is 11.2. The Morgan fingerprint density at radius 1 is 1.39 bits per heavy atom. The molecule has 2 aliphatic rings. The number of hydrogen-bond acceptors (Lipinski definition) is 5. The smallest absolute Gasteiger partial charge is 0.217 e. The highest BCUT2D eigenvalue weighted by molar-refractivity contribution is 5.73. The second-order valence-corrected chi connectivity index (χ2v) is 6.63. The number of amides is 1. The predicted molar refractivity (Wildman–Crippen MR) is 85.9 cm³/mol. The maximum absolute atomic E-state index is 11.3. The van der Waals surface area contributed by atoms with E-state index in [1.165, 1.54) is 6.42 Å². The van der Waals surface area contributed by atoms with E-state index in [0.29, 0.717) is 5.92 Å². The number of hydrogen-bond donors (Lipinski definition) is 1. The van der Waals surface area contributed by atoms with Crippen molar-refractivity contribution in [2.45, 2.75) is 45.2 Å². The van der Waals surface area contributed by atoms with E-state index >= 15 is 0 Å². The summed E-state index contributed by atoms with van der Waals surface area (Å²) in [6, 6.07) is 0.286. The third-order valence-electron chi connectivity index (χ3n) is 4.84. The second kappa shape index (κ2) is 7.88. The Labute approximate surface area is 137 Å². The topological polar surface area (TPSA) is 72.3 Å². The Morgan fingerprint density at radius 2 is 2.22 bits per heavy atom. The summed E-state index contributed by atoms with van der Waals surface area (Å²) < 4.78 is 7.31. The van der Waals surface area contributed by atoms with Crippen LogP contribution in [0.1, 0.15) is 31.9 Å². The minimum atomic E-state index is 0.0618. The van der Waals surface area contributed by atoms with Gasteiger partial charge in [0.2, 0.25) is 5.91 Å². The Morgan fingerprint density at radius 3 is 3.00 bits per heavy atom. The lowest BCUT2D eigenvalue weighted by Crippen LogP contribution is -2.37. The largest absolute Gasteiger partial charge is 0.379 e.